The molecular formula is C22H24Cl2N6O4. The molecule has 0 aliphatic heterocycles. The fourth-order valence-electron chi connectivity index (χ4n) is 3.39. The summed E-state index contributed by atoms with van der Waals surface area (Å²) in [5, 5.41) is 24.1. The second kappa shape index (κ2) is 11.2. The molecule has 0 saturated heterocycles. The van der Waals surface area contributed by atoms with Crippen molar-refractivity contribution in [1.82, 2.24) is 14.5 Å². The number of carbonyl (C=O) groups is 1. The maximum atomic E-state index is 13.0. The number of carbonyl (C=O) groups excluding carboxylic acids is 1. The van der Waals surface area contributed by atoms with Gasteiger partial charge in [-0.25, -0.2) is 4.98 Å². The second-order valence-electron chi connectivity index (χ2n) is 7.54. The van der Waals surface area contributed by atoms with Gasteiger partial charge in [-0.1, -0.05) is 29.3 Å². The van der Waals surface area contributed by atoms with Crippen LogP contribution in [0, 0.1) is 10.1 Å². The molecule has 2 aromatic heterocycles. The molecule has 0 radical (unpaired) electrons. The van der Waals surface area contributed by atoms with Crippen LogP contribution < -0.4 is 11.1 Å². The first-order chi connectivity index (χ1) is 16.2. The Bertz CT molecular complexity index is 1200. The summed E-state index contributed by atoms with van der Waals surface area (Å²) in [5.74, 6) is 0.0447. The van der Waals surface area contributed by atoms with E-state index in [1.807, 2.05) is 10.8 Å². The van der Waals surface area contributed by atoms with E-state index in [9.17, 15) is 20.0 Å². The van der Waals surface area contributed by atoms with E-state index in [4.69, 9.17) is 28.9 Å². The number of hydrogen-bond donors (Lipinski definition) is 3. The van der Waals surface area contributed by atoms with Crippen molar-refractivity contribution in [1.29, 1.82) is 0 Å². The van der Waals surface area contributed by atoms with Gasteiger partial charge in [-0.3, -0.25) is 14.9 Å². The molecule has 0 spiro atoms. The highest BCUT2D eigenvalue weighted by molar-refractivity contribution is 6.36. The molecule has 34 heavy (non-hydrogen) atoms. The minimum atomic E-state index is -0.584. The molecule has 10 nitrogen and oxygen atoms in total. The van der Waals surface area contributed by atoms with Crippen LogP contribution >= 0.6 is 23.2 Å². The maximum Gasteiger partial charge on any atom is 0.311 e. The van der Waals surface area contributed by atoms with Crippen LogP contribution in [-0.4, -0.2) is 57.1 Å². The topological polar surface area (TPSA) is 140 Å². The highest BCUT2D eigenvalue weighted by Gasteiger charge is 2.21. The van der Waals surface area contributed by atoms with Crippen LogP contribution in [0.15, 0.2) is 42.7 Å². The van der Waals surface area contributed by atoms with E-state index in [-0.39, 0.29) is 30.6 Å². The van der Waals surface area contributed by atoms with Gasteiger partial charge < -0.3 is 25.6 Å². The fraction of sp³-hybridized carbons (Fsp3) is 0.273. The van der Waals surface area contributed by atoms with Gasteiger partial charge in [0, 0.05) is 66.3 Å². The predicted molar refractivity (Wildman–Crippen MR) is 132 cm³/mol. The van der Waals surface area contributed by atoms with Crippen molar-refractivity contribution >= 4 is 46.4 Å². The molecule has 3 aromatic rings. The third kappa shape index (κ3) is 5.96. The predicted octanol–water partition coefficient (Wildman–Crippen LogP) is 3.91. The third-order valence-corrected chi connectivity index (χ3v) is 5.66. The van der Waals surface area contributed by atoms with Gasteiger partial charge in [0.25, 0.3) is 5.91 Å². The first-order valence-electron chi connectivity index (χ1n) is 10.4. The van der Waals surface area contributed by atoms with Crippen molar-refractivity contribution in [3.63, 3.8) is 0 Å². The van der Waals surface area contributed by atoms with E-state index in [1.54, 1.807) is 31.4 Å². The monoisotopic (exact) mass is 506 g/mol. The molecule has 2 heterocycles. The number of aromatic nitrogens is 2. The molecule has 12 heteroatoms. The molecule has 180 valence electrons. The minimum Gasteiger partial charge on any atom is -0.395 e. The second-order valence-corrected chi connectivity index (χ2v) is 8.38. The Morgan fingerprint density at radius 1 is 1.26 bits per heavy atom. The molecular weight excluding hydrogens is 483 g/mol. The number of anilines is 2. The molecule has 1 aromatic carbocycles. The number of pyridine rings is 1. The summed E-state index contributed by atoms with van der Waals surface area (Å²) in [4.78, 5) is 28.7. The quantitative estimate of drug-likeness (QED) is 0.215. The molecule has 0 aliphatic rings. The number of benzene rings is 1. The summed E-state index contributed by atoms with van der Waals surface area (Å²) in [6.45, 7) is 1.15. The lowest BCUT2D eigenvalue weighted by Gasteiger charge is -2.16. The van der Waals surface area contributed by atoms with Crippen molar-refractivity contribution in [2.45, 2.75) is 13.0 Å². The number of aliphatic hydroxyl groups is 1. The number of rotatable bonds is 10. The van der Waals surface area contributed by atoms with Crippen LogP contribution in [0.4, 0.5) is 17.3 Å². The highest BCUT2D eigenvalue weighted by Crippen LogP contribution is 2.34. The van der Waals surface area contributed by atoms with Crippen LogP contribution in [0.25, 0.3) is 11.1 Å². The Balaban J connectivity index is 1.75. The highest BCUT2D eigenvalue weighted by atomic mass is 35.5. The molecule has 3 rings (SSSR count). The number of halogens is 2. The molecule has 0 unspecified atom stereocenters. The normalized spacial score (nSPS) is 10.8. The van der Waals surface area contributed by atoms with Crippen LogP contribution in [0.3, 0.4) is 0 Å². The van der Waals surface area contributed by atoms with Crippen molar-refractivity contribution in [3.8, 4) is 11.1 Å². The molecule has 0 saturated carbocycles. The van der Waals surface area contributed by atoms with E-state index in [1.165, 1.54) is 17.0 Å². The summed E-state index contributed by atoms with van der Waals surface area (Å²) in [6, 6.07) is 7.89. The third-order valence-electron chi connectivity index (χ3n) is 5.11. The van der Waals surface area contributed by atoms with Crippen molar-refractivity contribution in [3.05, 3.63) is 68.4 Å². The average Bonchev–Trinajstić information content (AvgIpc) is 3.20. The Hall–Kier alpha value is -3.34. The van der Waals surface area contributed by atoms with Crippen molar-refractivity contribution in [2.24, 2.45) is 0 Å². The number of aryl methyl sites for hydroxylation is 1. The number of likely N-dealkylation sites (N-methyl/N-ethyl adjacent to an activating group) is 1. The van der Waals surface area contributed by atoms with Crippen LogP contribution in [0.1, 0.15) is 16.8 Å². The van der Waals surface area contributed by atoms with Crippen LogP contribution in [0.5, 0.6) is 0 Å². The number of amides is 1. The number of hydrogen-bond acceptors (Lipinski definition) is 7. The molecule has 0 bridgehead atoms. The number of nitro groups is 1. The Labute approximate surface area is 206 Å². The lowest BCUT2D eigenvalue weighted by Crippen LogP contribution is -2.29. The summed E-state index contributed by atoms with van der Waals surface area (Å²) in [5.41, 5.74) is 7.17. The summed E-state index contributed by atoms with van der Waals surface area (Å²) in [7, 11) is 1.62. The number of aliphatic hydroxyl groups excluding tert-OH is 1. The molecule has 4 N–H and O–H groups in total. The van der Waals surface area contributed by atoms with E-state index >= 15 is 0 Å². The van der Waals surface area contributed by atoms with E-state index in [0.717, 1.165) is 0 Å². The Kier molecular flexibility index (Phi) is 8.32. The molecule has 0 atom stereocenters. The Morgan fingerprint density at radius 3 is 2.68 bits per heavy atom. The van der Waals surface area contributed by atoms with Crippen molar-refractivity contribution in [2.75, 3.05) is 37.8 Å². The maximum absolute atomic E-state index is 13.0. The smallest absolute Gasteiger partial charge is 0.311 e. The number of nitrogens with one attached hydrogen (secondary N) is 1. The van der Waals surface area contributed by atoms with E-state index in [0.29, 0.717) is 52.1 Å². The lowest BCUT2D eigenvalue weighted by atomic mass is 10.0. The summed E-state index contributed by atoms with van der Waals surface area (Å²) < 4.78 is 1.89. The Morgan fingerprint density at radius 2 is 2.03 bits per heavy atom. The van der Waals surface area contributed by atoms with Crippen molar-refractivity contribution < 1.29 is 14.8 Å². The number of nitrogens with two attached hydrogens (primary N) is 1. The molecule has 0 aliphatic carbocycles. The zero-order valence-electron chi connectivity index (χ0n) is 18.4. The molecule has 0 fully saturated rings. The van der Waals surface area contributed by atoms with Gasteiger partial charge in [0.1, 0.15) is 5.82 Å². The SMILES string of the molecule is CN(CCO)C(=O)c1cn(CCCNc2ccc([N+](=O)[O-])c(N)n2)cc1-c1ccc(Cl)cc1Cl. The minimum absolute atomic E-state index is 0.146. The van der Waals surface area contributed by atoms with Gasteiger partial charge in [-0.05, 0) is 24.6 Å². The largest absolute Gasteiger partial charge is 0.395 e. The van der Waals surface area contributed by atoms with Crippen LogP contribution in [-0.2, 0) is 6.54 Å². The summed E-state index contributed by atoms with van der Waals surface area (Å²) >= 11 is 12.4. The number of nitrogens with zero attached hydrogens (tertiary/aromatic N) is 4. The van der Waals surface area contributed by atoms with Crippen LogP contribution in [0.2, 0.25) is 10.0 Å². The van der Waals surface area contributed by atoms with Gasteiger partial charge in [0.15, 0.2) is 0 Å². The fourth-order valence-corrected chi connectivity index (χ4v) is 3.90. The molecule has 1 amide bonds. The van der Waals surface area contributed by atoms with Gasteiger partial charge in [0.05, 0.1) is 17.1 Å². The average molecular weight is 507 g/mol. The number of nitrogen functional groups attached to an aromatic ring is 1. The van der Waals surface area contributed by atoms with E-state index < -0.39 is 4.92 Å². The van der Waals surface area contributed by atoms with Gasteiger partial charge in [0.2, 0.25) is 5.82 Å². The van der Waals surface area contributed by atoms with Gasteiger partial charge in [-0.2, -0.15) is 0 Å². The summed E-state index contributed by atoms with van der Waals surface area (Å²) in [6.07, 6.45) is 4.26. The van der Waals surface area contributed by atoms with E-state index in [2.05, 4.69) is 10.3 Å². The lowest BCUT2D eigenvalue weighted by molar-refractivity contribution is -0.384. The standard InChI is InChI=1S/C22H24Cl2N6O4/c1-28(9-10-31)22(32)17-13-29(12-16(17)15-4-3-14(23)11-18(15)24)8-2-7-26-20-6-5-19(30(33)34)21(25)27-20/h3-6,11-13,31H,2,7-10H2,1H3,(H3,25,26,27). The zero-order chi connectivity index (χ0) is 24.8. The first-order valence-corrected chi connectivity index (χ1v) is 11.1. The first kappa shape index (κ1) is 25.3. The van der Waals surface area contributed by atoms with Gasteiger partial charge >= 0.3 is 5.69 Å². The van der Waals surface area contributed by atoms with Gasteiger partial charge in [-0.15, -0.1) is 0 Å². The zero-order valence-corrected chi connectivity index (χ0v) is 19.9.